The fourth-order valence-electron chi connectivity index (χ4n) is 1.81. The second-order valence-electron chi connectivity index (χ2n) is 4.73. The minimum atomic E-state index is -0.618. The van der Waals surface area contributed by atoms with Gasteiger partial charge in [0.25, 0.3) is 0 Å². The van der Waals surface area contributed by atoms with Gasteiger partial charge in [-0.25, -0.2) is 9.79 Å². The fraction of sp³-hybridized carbons (Fsp3) is 0.667. The first-order valence-electron chi connectivity index (χ1n) is 4.57. The van der Waals surface area contributed by atoms with E-state index >= 15 is 0 Å². The molecule has 0 aromatic carbocycles. The monoisotopic (exact) mass is 194 g/mol. The molecule has 0 unspecified atom stereocenters. The van der Waals surface area contributed by atoms with Crippen molar-refractivity contribution in [1.82, 2.24) is 10.2 Å². The Hall–Kier alpha value is -1.39. The summed E-state index contributed by atoms with van der Waals surface area (Å²) in [7, 11) is 0. The van der Waals surface area contributed by atoms with E-state index in [0.717, 1.165) is 0 Å². The Labute approximate surface area is 82.7 Å². The van der Waals surface area contributed by atoms with E-state index in [1.165, 1.54) is 0 Å². The molecular formula is C9H14N4O. The maximum absolute atomic E-state index is 11.7. The number of urea groups is 1. The predicted molar refractivity (Wildman–Crippen MR) is 53.7 cm³/mol. The number of rotatable bonds is 0. The van der Waals surface area contributed by atoms with Crippen LogP contribution in [0.4, 0.5) is 4.79 Å². The Morgan fingerprint density at radius 1 is 1.36 bits per heavy atom. The van der Waals surface area contributed by atoms with E-state index in [2.05, 4.69) is 10.3 Å². The number of hydrogen-bond acceptors (Lipinski definition) is 2. The summed E-state index contributed by atoms with van der Waals surface area (Å²) in [5, 5.41) is 10.5. The van der Waals surface area contributed by atoms with Crippen LogP contribution < -0.4 is 5.32 Å². The van der Waals surface area contributed by atoms with Crippen LogP contribution >= 0.6 is 0 Å². The van der Waals surface area contributed by atoms with Gasteiger partial charge in [0, 0.05) is 0 Å². The zero-order valence-electron chi connectivity index (χ0n) is 8.80. The quantitative estimate of drug-likeness (QED) is 0.592. The number of nitrogens with one attached hydrogen (secondary N) is 2. The summed E-state index contributed by atoms with van der Waals surface area (Å²) in [6.45, 7) is 7.43. The van der Waals surface area contributed by atoms with Crippen molar-refractivity contribution in [3.8, 4) is 0 Å². The normalized spacial score (nSPS) is 27.4. The zero-order valence-corrected chi connectivity index (χ0v) is 8.80. The molecule has 0 aromatic rings. The molecular weight excluding hydrogens is 180 g/mol. The number of carbonyl (C=O) groups excluding carboxylic acids is 1. The summed E-state index contributed by atoms with van der Waals surface area (Å²) in [5.74, 6) is 0.896. The molecule has 0 atom stereocenters. The topological polar surface area (TPSA) is 68.6 Å². The van der Waals surface area contributed by atoms with E-state index in [4.69, 9.17) is 5.41 Å². The summed E-state index contributed by atoms with van der Waals surface area (Å²) in [6.07, 6.45) is 0. The highest BCUT2D eigenvalue weighted by molar-refractivity contribution is 6.21. The third-order valence-corrected chi connectivity index (χ3v) is 2.75. The summed E-state index contributed by atoms with van der Waals surface area (Å²) >= 11 is 0. The number of fused-ring (bicyclic) bond motifs is 1. The van der Waals surface area contributed by atoms with Gasteiger partial charge in [-0.1, -0.05) is 0 Å². The number of amides is 2. The summed E-state index contributed by atoms with van der Waals surface area (Å²) < 4.78 is 0. The second kappa shape index (κ2) is 2.16. The van der Waals surface area contributed by atoms with Gasteiger partial charge in [-0.2, -0.15) is 0 Å². The maximum atomic E-state index is 11.7. The Morgan fingerprint density at radius 3 is 2.43 bits per heavy atom. The van der Waals surface area contributed by atoms with Crippen molar-refractivity contribution in [3.63, 3.8) is 0 Å². The summed E-state index contributed by atoms with van der Waals surface area (Å²) in [6, 6.07) is -0.166. The van der Waals surface area contributed by atoms with E-state index < -0.39 is 11.1 Å². The molecule has 0 radical (unpaired) electrons. The van der Waals surface area contributed by atoms with Crippen molar-refractivity contribution in [2.75, 3.05) is 0 Å². The Balaban J connectivity index is 2.54. The van der Waals surface area contributed by atoms with Gasteiger partial charge in [-0.15, -0.1) is 0 Å². The molecule has 5 heteroatoms. The lowest BCUT2D eigenvalue weighted by Gasteiger charge is -2.27. The number of aliphatic imine (C=N–C) groups is 1. The first-order valence-corrected chi connectivity index (χ1v) is 4.57. The predicted octanol–water partition coefficient (Wildman–Crippen LogP) is 0.958. The van der Waals surface area contributed by atoms with Crippen molar-refractivity contribution in [3.05, 3.63) is 0 Å². The van der Waals surface area contributed by atoms with Gasteiger partial charge in [0.2, 0.25) is 0 Å². The minimum absolute atomic E-state index is 0.166. The van der Waals surface area contributed by atoms with Crippen molar-refractivity contribution in [1.29, 1.82) is 5.41 Å². The molecule has 14 heavy (non-hydrogen) atoms. The molecule has 2 heterocycles. The van der Waals surface area contributed by atoms with Crippen LogP contribution in [-0.2, 0) is 0 Å². The number of carbonyl (C=O) groups is 1. The van der Waals surface area contributed by atoms with Crippen molar-refractivity contribution in [2.24, 2.45) is 4.99 Å². The summed E-state index contributed by atoms with van der Waals surface area (Å²) in [4.78, 5) is 17.4. The fourth-order valence-corrected chi connectivity index (χ4v) is 1.81. The molecule has 5 nitrogen and oxygen atoms in total. The van der Waals surface area contributed by atoms with Gasteiger partial charge >= 0.3 is 6.03 Å². The lowest BCUT2D eigenvalue weighted by molar-refractivity contribution is 0.213. The number of nitrogens with zero attached hydrogens (tertiary/aromatic N) is 2. The molecule has 2 N–H and O–H groups in total. The molecule has 0 bridgehead atoms. The molecule has 2 amide bonds. The third-order valence-electron chi connectivity index (χ3n) is 2.75. The van der Waals surface area contributed by atoms with E-state index in [9.17, 15) is 4.79 Å². The highest BCUT2D eigenvalue weighted by atomic mass is 16.2. The van der Waals surface area contributed by atoms with Crippen LogP contribution in [0.15, 0.2) is 4.99 Å². The number of hydrogen-bond donors (Lipinski definition) is 2. The third kappa shape index (κ3) is 0.867. The van der Waals surface area contributed by atoms with Gasteiger partial charge < -0.3 is 5.32 Å². The van der Waals surface area contributed by atoms with E-state index in [-0.39, 0.29) is 11.9 Å². The minimum Gasteiger partial charge on any atom is -0.326 e. The lowest BCUT2D eigenvalue weighted by Crippen LogP contribution is -2.47. The van der Waals surface area contributed by atoms with Gasteiger partial charge in [0.1, 0.15) is 17.2 Å². The first kappa shape index (κ1) is 9.18. The average molecular weight is 194 g/mol. The molecule has 2 aliphatic rings. The maximum Gasteiger partial charge on any atom is 0.324 e. The molecule has 76 valence electrons. The van der Waals surface area contributed by atoms with Crippen LogP contribution in [0.5, 0.6) is 0 Å². The largest absolute Gasteiger partial charge is 0.326 e. The van der Waals surface area contributed by atoms with E-state index in [0.29, 0.717) is 5.84 Å². The smallest absolute Gasteiger partial charge is 0.324 e. The van der Waals surface area contributed by atoms with Crippen molar-refractivity contribution < 1.29 is 4.79 Å². The van der Waals surface area contributed by atoms with Gasteiger partial charge in [0.05, 0.1) is 5.54 Å². The second-order valence-corrected chi connectivity index (χ2v) is 4.73. The number of amidine groups is 2. The van der Waals surface area contributed by atoms with E-state index in [1.54, 1.807) is 4.90 Å². The first-order chi connectivity index (χ1) is 6.27. The zero-order chi connectivity index (χ0) is 10.7. The molecule has 1 saturated heterocycles. The van der Waals surface area contributed by atoms with Crippen LogP contribution in [0.25, 0.3) is 0 Å². The standard InChI is InChI=1S/C9H14N4O/c1-8(2)6-11-5(10)9(3,4)13(6)7(14)12-8/h10H,1-4H3,(H,12,14). The van der Waals surface area contributed by atoms with Gasteiger partial charge in [0.15, 0.2) is 0 Å². The Bertz CT molecular complexity index is 367. The molecule has 0 spiro atoms. The average Bonchev–Trinajstić information content (AvgIpc) is 2.34. The lowest BCUT2D eigenvalue weighted by atomic mass is 10.0. The molecule has 0 saturated carbocycles. The van der Waals surface area contributed by atoms with Gasteiger partial charge in [-0.3, -0.25) is 10.3 Å². The molecule has 0 aliphatic carbocycles. The molecule has 0 aromatic heterocycles. The summed E-state index contributed by atoms with van der Waals surface area (Å²) in [5.41, 5.74) is -1.08. The molecule has 2 aliphatic heterocycles. The van der Waals surface area contributed by atoms with Gasteiger partial charge in [-0.05, 0) is 27.7 Å². The SMILES string of the molecule is CC1(C)NC(=O)N2C1=NC(=N)C2(C)C. The highest BCUT2D eigenvalue weighted by Gasteiger charge is 2.54. The van der Waals surface area contributed by atoms with E-state index in [1.807, 2.05) is 27.7 Å². The Kier molecular flexibility index (Phi) is 1.41. The van der Waals surface area contributed by atoms with Crippen molar-refractivity contribution >= 4 is 17.7 Å². The van der Waals surface area contributed by atoms with Crippen LogP contribution in [0.3, 0.4) is 0 Å². The van der Waals surface area contributed by atoms with Crippen LogP contribution in [-0.4, -0.2) is 33.7 Å². The van der Waals surface area contributed by atoms with Crippen LogP contribution in [0.1, 0.15) is 27.7 Å². The molecule has 2 rings (SSSR count). The van der Waals surface area contributed by atoms with Crippen LogP contribution in [0.2, 0.25) is 0 Å². The Morgan fingerprint density at radius 2 is 1.93 bits per heavy atom. The molecule has 1 fully saturated rings. The van der Waals surface area contributed by atoms with Crippen LogP contribution in [0, 0.1) is 5.41 Å². The van der Waals surface area contributed by atoms with Crippen molar-refractivity contribution in [2.45, 2.75) is 38.8 Å². The highest BCUT2D eigenvalue weighted by Crippen LogP contribution is 2.32.